The highest BCUT2D eigenvalue weighted by Gasteiger charge is 2.23. The molecular weight excluding hydrogens is 210 g/mol. The molecule has 0 aromatic carbocycles. The number of pyridine rings is 1. The fourth-order valence-corrected chi connectivity index (χ4v) is 3.15. The maximum Gasteiger partial charge on any atom is 0.106 e. The van der Waals surface area contributed by atoms with E-state index in [0.29, 0.717) is 10.7 Å². The largest absolute Gasteiger partial charge is 0.249 e. The van der Waals surface area contributed by atoms with Gasteiger partial charge in [-0.1, -0.05) is 30.7 Å². The van der Waals surface area contributed by atoms with Gasteiger partial charge in [-0.2, -0.15) is 0 Å². The maximum atomic E-state index is 4.28. The van der Waals surface area contributed by atoms with Crippen molar-refractivity contribution in [3.63, 3.8) is 0 Å². The second-order valence-corrected chi connectivity index (χ2v) is 6.90. The predicted octanol–water partition coefficient (Wildman–Crippen LogP) is 4.26. The first-order valence-corrected chi connectivity index (χ1v) is 6.94. The number of rotatable bonds is 4. The molecule has 0 bridgehead atoms. The number of nitrogens with zero attached hydrogens (tertiary/aromatic N) is 1. The van der Waals surface area contributed by atoms with Gasteiger partial charge in [-0.25, -0.2) is 4.98 Å². The van der Waals surface area contributed by atoms with Crippen LogP contribution in [0.3, 0.4) is 0 Å². The van der Waals surface area contributed by atoms with E-state index in [4.69, 9.17) is 0 Å². The van der Waals surface area contributed by atoms with Crippen LogP contribution in [0.5, 0.6) is 0 Å². The minimum absolute atomic E-state index is 0.294. The van der Waals surface area contributed by atoms with Gasteiger partial charge >= 0.3 is 0 Å². The van der Waals surface area contributed by atoms with E-state index in [-0.39, 0.29) is 0 Å². The third-order valence-corrected chi connectivity index (χ3v) is 5.82. The zero-order valence-corrected chi connectivity index (χ0v) is 10.8. The highest BCUT2D eigenvalue weighted by molar-refractivity contribution is 8.77. The molecule has 0 aliphatic heterocycles. The second-order valence-electron chi connectivity index (χ2n) is 4.09. The number of hydrogen-bond acceptors (Lipinski definition) is 3. The van der Waals surface area contributed by atoms with E-state index >= 15 is 0 Å². The Morgan fingerprint density at radius 1 is 1.29 bits per heavy atom. The zero-order chi connectivity index (χ0) is 10.6. The molecule has 1 heterocycles. The highest BCUT2D eigenvalue weighted by atomic mass is 33.1. The molecule has 0 saturated heterocycles. The van der Waals surface area contributed by atoms with E-state index in [1.807, 2.05) is 35.2 Å². The third-order valence-electron chi connectivity index (χ3n) is 2.37. The first-order chi connectivity index (χ1) is 6.52. The van der Waals surface area contributed by atoms with Gasteiger partial charge in [0.2, 0.25) is 0 Å². The molecule has 1 rings (SSSR count). The summed E-state index contributed by atoms with van der Waals surface area (Å²) in [6, 6.07) is 6.02. The van der Waals surface area contributed by atoms with E-state index in [2.05, 4.69) is 32.7 Å². The molecule has 1 aromatic rings. The van der Waals surface area contributed by atoms with Crippen molar-refractivity contribution in [3.8, 4) is 0 Å². The van der Waals surface area contributed by atoms with Crippen molar-refractivity contribution in [2.75, 3.05) is 0 Å². The molecule has 0 aliphatic carbocycles. The lowest BCUT2D eigenvalue weighted by molar-refractivity contribution is 0.507. The third kappa shape index (κ3) is 3.54. The SMILES string of the molecule is CC(C)C(C)(C)SSc1ccccn1. The Morgan fingerprint density at radius 2 is 2.00 bits per heavy atom. The first kappa shape index (κ1) is 11.9. The molecule has 0 N–H and O–H groups in total. The van der Waals surface area contributed by atoms with Crippen molar-refractivity contribution >= 4 is 21.6 Å². The molecule has 0 unspecified atom stereocenters. The van der Waals surface area contributed by atoms with Crippen molar-refractivity contribution in [2.24, 2.45) is 5.92 Å². The summed E-state index contributed by atoms with van der Waals surface area (Å²) in [6.07, 6.45) is 1.84. The molecule has 1 aromatic heterocycles. The van der Waals surface area contributed by atoms with Gasteiger partial charge in [-0.05, 0) is 42.7 Å². The molecule has 0 radical (unpaired) electrons. The summed E-state index contributed by atoms with van der Waals surface area (Å²) in [6.45, 7) is 9.06. The highest BCUT2D eigenvalue weighted by Crippen LogP contribution is 2.43. The van der Waals surface area contributed by atoms with Crippen LogP contribution >= 0.6 is 21.6 Å². The summed E-state index contributed by atoms with van der Waals surface area (Å²) in [5.74, 6) is 0.670. The molecular formula is C11H17NS2. The van der Waals surface area contributed by atoms with Gasteiger partial charge in [0, 0.05) is 10.9 Å². The van der Waals surface area contributed by atoms with Crippen LogP contribution in [0, 0.1) is 5.92 Å². The average molecular weight is 227 g/mol. The topological polar surface area (TPSA) is 12.9 Å². The van der Waals surface area contributed by atoms with Crippen LogP contribution in [0.4, 0.5) is 0 Å². The van der Waals surface area contributed by atoms with Crippen molar-refractivity contribution in [1.29, 1.82) is 0 Å². The molecule has 14 heavy (non-hydrogen) atoms. The zero-order valence-electron chi connectivity index (χ0n) is 9.15. The van der Waals surface area contributed by atoms with Crippen LogP contribution in [-0.4, -0.2) is 9.73 Å². The smallest absolute Gasteiger partial charge is 0.106 e. The van der Waals surface area contributed by atoms with Crippen molar-refractivity contribution < 1.29 is 0 Å². The Morgan fingerprint density at radius 3 is 2.50 bits per heavy atom. The summed E-state index contributed by atoms with van der Waals surface area (Å²) >= 11 is 0. The normalized spacial score (nSPS) is 12.1. The summed E-state index contributed by atoms with van der Waals surface area (Å²) in [7, 11) is 3.66. The van der Waals surface area contributed by atoms with E-state index in [1.165, 1.54) is 0 Å². The summed E-state index contributed by atoms with van der Waals surface area (Å²) in [4.78, 5) is 4.28. The van der Waals surface area contributed by atoms with Crippen LogP contribution in [0.25, 0.3) is 0 Å². The second kappa shape index (κ2) is 5.08. The van der Waals surface area contributed by atoms with Crippen molar-refractivity contribution in [1.82, 2.24) is 4.98 Å². The minimum atomic E-state index is 0.294. The fraction of sp³-hybridized carbons (Fsp3) is 0.545. The van der Waals surface area contributed by atoms with Gasteiger partial charge in [0.25, 0.3) is 0 Å². The quantitative estimate of drug-likeness (QED) is 0.713. The summed E-state index contributed by atoms with van der Waals surface area (Å²) in [5.41, 5.74) is 0. The Labute approximate surface area is 94.5 Å². The Kier molecular flexibility index (Phi) is 4.32. The first-order valence-electron chi connectivity index (χ1n) is 4.79. The van der Waals surface area contributed by atoms with Gasteiger partial charge in [-0.15, -0.1) is 0 Å². The Balaban J connectivity index is 2.49. The van der Waals surface area contributed by atoms with E-state index in [9.17, 15) is 0 Å². The molecule has 0 amide bonds. The van der Waals surface area contributed by atoms with Gasteiger partial charge < -0.3 is 0 Å². The number of hydrogen-bond donors (Lipinski definition) is 0. The van der Waals surface area contributed by atoms with Crippen molar-refractivity contribution in [2.45, 2.75) is 37.5 Å². The predicted molar refractivity (Wildman–Crippen MR) is 66.6 cm³/mol. The molecule has 0 spiro atoms. The van der Waals surface area contributed by atoms with Crippen LogP contribution < -0.4 is 0 Å². The molecule has 1 nitrogen and oxygen atoms in total. The molecule has 0 fully saturated rings. The van der Waals surface area contributed by atoms with E-state index < -0.39 is 0 Å². The Bertz CT molecular complexity index is 270. The van der Waals surface area contributed by atoms with Gasteiger partial charge in [0.05, 0.1) is 0 Å². The Hall–Kier alpha value is -0.150. The summed E-state index contributed by atoms with van der Waals surface area (Å²) in [5, 5.41) is 1.09. The van der Waals surface area contributed by atoms with Gasteiger partial charge in [0.1, 0.15) is 5.03 Å². The molecule has 0 atom stereocenters. The van der Waals surface area contributed by atoms with Crippen LogP contribution in [0.15, 0.2) is 29.4 Å². The minimum Gasteiger partial charge on any atom is -0.249 e. The fourth-order valence-electron chi connectivity index (χ4n) is 0.643. The molecule has 0 aliphatic rings. The van der Waals surface area contributed by atoms with E-state index in [0.717, 1.165) is 5.03 Å². The van der Waals surface area contributed by atoms with Crippen molar-refractivity contribution in [3.05, 3.63) is 24.4 Å². The lowest BCUT2D eigenvalue weighted by Gasteiger charge is -2.27. The number of aromatic nitrogens is 1. The van der Waals surface area contributed by atoms with Crippen LogP contribution in [0.2, 0.25) is 0 Å². The van der Waals surface area contributed by atoms with E-state index in [1.54, 1.807) is 10.8 Å². The van der Waals surface area contributed by atoms with Crippen LogP contribution in [-0.2, 0) is 0 Å². The average Bonchev–Trinajstić information content (AvgIpc) is 2.16. The monoisotopic (exact) mass is 227 g/mol. The lowest BCUT2D eigenvalue weighted by atomic mass is 10.00. The standard InChI is InChI=1S/C11H17NS2/c1-9(2)11(3,4)14-13-10-7-5-6-8-12-10/h5-9H,1-4H3. The molecule has 78 valence electrons. The molecule has 3 heteroatoms. The summed E-state index contributed by atoms with van der Waals surface area (Å²) < 4.78 is 0.294. The lowest BCUT2D eigenvalue weighted by Crippen LogP contribution is -2.21. The van der Waals surface area contributed by atoms with Gasteiger partial charge in [-0.3, -0.25) is 0 Å². The molecule has 0 saturated carbocycles. The maximum absolute atomic E-state index is 4.28. The van der Waals surface area contributed by atoms with Gasteiger partial charge in [0.15, 0.2) is 0 Å². The van der Waals surface area contributed by atoms with Crippen LogP contribution in [0.1, 0.15) is 27.7 Å².